The predicted octanol–water partition coefficient (Wildman–Crippen LogP) is 2.22. The quantitative estimate of drug-likeness (QED) is 0.895. The summed E-state index contributed by atoms with van der Waals surface area (Å²) in [6, 6.07) is 6.08. The molecule has 1 fully saturated rings. The molecule has 1 heterocycles. The molecule has 3 N–H and O–H groups in total. The van der Waals surface area contributed by atoms with Crippen molar-refractivity contribution in [1.82, 2.24) is 4.90 Å². The summed E-state index contributed by atoms with van der Waals surface area (Å²) in [4.78, 5) is 14.5. The van der Waals surface area contributed by atoms with Crippen molar-refractivity contribution in [1.29, 1.82) is 0 Å². The average Bonchev–Trinajstić information content (AvgIpc) is 2.43. The fraction of sp³-hybridized carbons (Fsp3) is 0.562. The summed E-state index contributed by atoms with van der Waals surface area (Å²) in [5.41, 5.74) is 8.24. The van der Waals surface area contributed by atoms with E-state index in [0.717, 1.165) is 30.9 Å². The zero-order valence-electron chi connectivity index (χ0n) is 13.1. The lowest BCUT2D eigenvalue weighted by Crippen LogP contribution is -2.45. The lowest BCUT2D eigenvalue weighted by Gasteiger charge is -2.27. The highest BCUT2D eigenvalue weighted by Gasteiger charge is 2.22. The van der Waals surface area contributed by atoms with Crippen molar-refractivity contribution in [3.05, 3.63) is 29.3 Å². The number of carbonyl (C=O) groups is 1. The summed E-state index contributed by atoms with van der Waals surface area (Å²) in [5, 5.41) is 2.94. The van der Waals surface area contributed by atoms with Gasteiger partial charge >= 0.3 is 0 Å². The van der Waals surface area contributed by atoms with Crippen LogP contribution in [-0.2, 0) is 11.3 Å². The molecule has 0 saturated carbocycles. The van der Waals surface area contributed by atoms with Gasteiger partial charge in [0.15, 0.2) is 0 Å². The number of nitrogens with two attached hydrogens (primary N) is 1. The molecule has 0 atom stereocenters. The second-order valence-electron chi connectivity index (χ2n) is 6.15. The molecule has 1 aromatic carbocycles. The van der Waals surface area contributed by atoms with E-state index in [1.54, 1.807) is 13.8 Å². The Morgan fingerprint density at radius 3 is 2.67 bits per heavy atom. The molecule has 2 rings (SSSR count). The average molecular weight is 307 g/mol. The molecule has 5 heteroatoms. The van der Waals surface area contributed by atoms with Crippen molar-refractivity contribution in [2.45, 2.75) is 32.9 Å². The first-order valence-corrected chi connectivity index (χ1v) is 8.52. The number of benzene rings is 1. The molecule has 1 saturated heterocycles. The highest BCUT2D eigenvalue weighted by atomic mass is 32.2. The maximum Gasteiger partial charge on any atom is 0.243 e. The van der Waals surface area contributed by atoms with Crippen LogP contribution in [0.3, 0.4) is 0 Å². The van der Waals surface area contributed by atoms with E-state index in [9.17, 15) is 4.79 Å². The van der Waals surface area contributed by atoms with Gasteiger partial charge in [-0.05, 0) is 38.0 Å². The molecule has 0 bridgehead atoms. The van der Waals surface area contributed by atoms with Gasteiger partial charge in [0.25, 0.3) is 0 Å². The van der Waals surface area contributed by atoms with Crippen molar-refractivity contribution >= 4 is 23.4 Å². The number of amides is 1. The maximum absolute atomic E-state index is 12.0. The molecule has 0 spiro atoms. The van der Waals surface area contributed by atoms with Gasteiger partial charge in [-0.15, -0.1) is 0 Å². The summed E-state index contributed by atoms with van der Waals surface area (Å²) in [6.45, 7) is 8.71. The first kappa shape index (κ1) is 16.3. The Balaban J connectivity index is 2.10. The van der Waals surface area contributed by atoms with E-state index in [-0.39, 0.29) is 5.91 Å². The number of hydrogen-bond acceptors (Lipinski definition) is 4. The normalized spacial score (nSPS) is 16.8. The van der Waals surface area contributed by atoms with Crippen LogP contribution < -0.4 is 11.1 Å². The molecule has 21 heavy (non-hydrogen) atoms. The molecule has 1 amide bonds. The van der Waals surface area contributed by atoms with Crippen molar-refractivity contribution in [2.24, 2.45) is 5.73 Å². The van der Waals surface area contributed by atoms with E-state index < -0.39 is 5.54 Å². The zero-order valence-corrected chi connectivity index (χ0v) is 13.9. The van der Waals surface area contributed by atoms with Crippen LogP contribution >= 0.6 is 11.8 Å². The standard InChI is InChI=1S/C16H25N3OS/c1-12-13(11-19-7-9-21-10-8-19)5-4-6-14(12)18-15(20)16(2,3)17/h4-6H,7-11,17H2,1-3H3,(H,18,20). The number of anilines is 1. The Labute approximate surface area is 131 Å². The highest BCUT2D eigenvalue weighted by Crippen LogP contribution is 2.22. The topological polar surface area (TPSA) is 58.4 Å². The van der Waals surface area contributed by atoms with Crippen molar-refractivity contribution in [3.8, 4) is 0 Å². The van der Waals surface area contributed by atoms with Crippen LogP contribution in [0.1, 0.15) is 25.0 Å². The van der Waals surface area contributed by atoms with Gasteiger partial charge in [0, 0.05) is 36.8 Å². The van der Waals surface area contributed by atoms with E-state index in [1.807, 2.05) is 23.9 Å². The molecule has 1 aliphatic rings. The number of nitrogens with zero attached hydrogens (tertiary/aromatic N) is 1. The molecule has 4 nitrogen and oxygen atoms in total. The molecule has 1 aromatic rings. The lowest BCUT2D eigenvalue weighted by atomic mass is 10.0. The Morgan fingerprint density at radius 1 is 1.38 bits per heavy atom. The third-order valence-corrected chi connectivity index (χ3v) is 4.72. The van der Waals surface area contributed by atoms with E-state index >= 15 is 0 Å². The predicted molar refractivity (Wildman–Crippen MR) is 90.7 cm³/mol. The third kappa shape index (κ3) is 4.46. The van der Waals surface area contributed by atoms with Gasteiger partial charge in [-0.3, -0.25) is 9.69 Å². The van der Waals surface area contributed by atoms with E-state index in [1.165, 1.54) is 17.1 Å². The van der Waals surface area contributed by atoms with Gasteiger partial charge < -0.3 is 11.1 Å². The second-order valence-corrected chi connectivity index (χ2v) is 7.38. The molecule has 116 valence electrons. The van der Waals surface area contributed by atoms with Crippen LogP contribution in [0.5, 0.6) is 0 Å². The Kier molecular flexibility index (Phi) is 5.30. The highest BCUT2D eigenvalue weighted by molar-refractivity contribution is 7.99. The van der Waals surface area contributed by atoms with Crippen molar-refractivity contribution < 1.29 is 4.79 Å². The number of hydrogen-bond donors (Lipinski definition) is 2. The molecule has 1 aliphatic heterocycles. The molecular weight excluding hydrogens is 282 g/mol. The minimum Gasteiger partial charge on any atom is -0.324 e. The first-order chi connectivity index (χ1) is 9.88. The molecular formula is C16H25N3OS. The van der Waals surface area contributed by atoms with Gasteiger partial charge in [0.05, 0.1) is 5.54 Å². The van der Waals surface area contributed by atoms with Gasteiger partial charge in [-0.1, -0.05) is 12.1 Å². The van der Waals surface area contributed by atoms with Crippen molar-refractivity contribution in [2.75, 3.05) is 29.9 Å². The number of rotatable bonds is 4. The van der Waals surface area contributed by atoms with Crippen LogP contribution in [0.15, 0.2) is 18.2 Å². The monoisotopic (exact) mass is 307 g/mol. The SMILES string of the molecule is Cc1c(CN2CCSCC2)cccc1NC(=O)C(C)(C)N. The fourth-order valence-electron chi connectivity index (χ4n) is 2.27. The minimum atomic E-state index is -0.869. The number of thioether (sulfide) groups is 1. The van der Waals surface area contributed by atoms with Gasteiger partial charge in [0.2, 0.25) is 5.91 Å². The summed E-state index contributed by atoms with van der Waals surface area (Å²) < 4.78 is 0. The van der Waals surface area contributed by atoms with Crippen LogP contribution in [-0.4, -0.2) is 40.9 Å². The Hall–Kier alpha value is -1.04. The number of carbonyl (C=O) groups excluding carboxylic acids is 1. The summed E-state index contributed by atoms with van der Waals surface area (Å²) in [5.74, 6) is 2.25. The summed E-state index contributed by atoms with van der Waals surface area (Å²) in [6.07, 6.45) is 0. The smallest absolute Gasteiger partial charge is 0.243 e. The van der Waals surface area contributed by atoms with Gasteiger partial charge in [-0.25, -0.2) is 0 Å². The third-order valence-electron chi connectivity index (χ3n) is 3.78. The van der Waals surface area contributed by atoms with Crippen LogP contribution in [0.2, 0.25) is 0 Å². The van der Waals surface area contributed by atoms with Gasteiger partial charge in [-0.2, -0.15) is 11.8 Å². The molecule has 0 aliphatic carbocycles. The fourth-order valence-corrected chi connectivity index (χ4v) is 3.25. The lowest BCUT2D eigenvalue weighted by molar-refractivity contribution is -0.120. The van der Waals surface area contributed by atoms with Crippen molar-refractivity contribution in [3.63, 3.8) is 0 Å². The van der Waals surface area contributed by atoms with E-state index in [2.05, 4.69) is 23.2 Å². The minimum absolute atomic E-state index is 0.155. The van der Waals surface area contributed by atoms with E-state index in [4.69, 9.17) is 5.73 Å². The van der Waals surface area contributed by atoms with E-state index in [0.29, 0.717) is 0 Å². The van der Waals surface area contributed by atoms with Crippen LogP contribution in [0.4, 0.5) is 5.69 Å². The van der Waals surface area contributed by atoms with Gasteiger partial charge in [0.1, 0.15) is 0 Å². The second kappa shape index (κ2) is 6.81. The zero-order chi connectivity index (χ0) is 15.5. The first-order valence-electron chi connectivity index (χ1n) is 7.37. The number of nitrogens with one attached hydrogen (secondary N) is 1. The summed E-state index contributed by atoms with van der Waals surface area (Å²) >= 11 is 2.02. The molecule has 0 radical (unpaired) electrons. The molecule has 0 unspecified atom stereocenters. The Morgan fingerprint density at radius 2 is 2.05 bits per heavy atom. The Bertz CT molecular complexity index is 505. The molecule has 0 aromatic heterocycles. The largest absolute Gasteiger partial charge is 0.324 e. The van der Waals surface area contributed by atoms with Crippen LogP contribution in [0.25, 0.3) is 0 Å². The van der Waals surface area contributed by atoms with Crippen LogP contribution in [0, 0.1) is 6.92 Å². The summed E-state index contributed by atoms with van der Waals surface area (Å²) in [7, 11) is 0. The maximum atomic E-state index is 12.0.